The van der Waals surface area contributed by atoms with Crippen molar-refractivity contribution in [3.05, 3.63) is 60.9 Å². The minimum Gasteiger partial charge on any atom is -0.494 e. The molecular weight excluding hydrogens is 417 g/mol. The standard InChI is InChI=1S/C20H19F3N4O4/c1-3-4-5-8-26-18(28)14(10-24)12(2)15(19(26)29)11-25-16-7-6-13(20(21,22)23)9-17(16)27(30)31/h6-7,9,11,29H,3-5,8H2,1-2H3. The first-order valence-electron chi connectivity index (χ1n) is 9.29. The van der Waals surface area contributed by atoms with Gasteiger partial charge in [-0.1, -0.05) is 19.8 Å². The van der Waals surface area contributed by atoms with Gasteiger partial charge in [0.1, 0.15) is 17.3 Å². The first kappa shape index (κ1) is 23.6. The van der Waals surface area contributed by atoms with Gasteiger partial charge in [-0.3, -0.25) is 19.5 Å². The van der Waals surface area contributed by atoms with E-state index in [1.54, 1.807) is 6.07 Å². The van der Waals surface area contributed by atoms with Crippen LogP contribution in [0.3, 0.4) is 0 Å². The van der Waals surface area contributed by atoms with Gasteiger partial charge in [0.05, 0.1) is 16.1 Å². The maximum Gasteiger partial charge on any atom is 0.416 e. The van der Waals surface area contributed by atoms with Gasteiger partial charge in [0, 0.05) is 18.8 Å². The number of nitro groups is 1. The Morgan fingerprint density at radius 3 is 2.58 bits per heavy atom. The fraction of sp³-hybridized carbons (Fsp3) is 0.350. The van der Waals surface area contributed by atoms with Gasteiger partial charge in [0.15, 0.2) is 0 Å². The second-order valence-electron chi connectivity index (χ2n) is 6.73. The van der Waals surface area contributed by atoms with Gasteiger partial charge < -0.3 is 5.11 Å². The van der Waals surface area contributed by atoms with Gasteiger partial charge in [-0.25, -0.2) is 4.99 Å². The number of hydrogen-bond acceptors (Lipinski definition) is 6. The number of benzene rings is 1. The molecule has 11 heteroatoms. The Morgan fingerprint density at radius 1 is 1.35 bits per heavy atom. The largest absolute Gasteiger partial charge is 0.494 e. The maximum atomic E-state index is 12.9. The van der Waals surface area contributed by atoms with Crippen LogP contribution in [0.15, 0.2) is 28.0 Å². The molecule has 0 aliphatic heterocycles. The normalized spacial score (nSPS) is 11.6. The number of aromatic nitrogens is 1. The molecule has 164 valence electrons. The highest BCUT2D eigenvalue weighted by atomic mass is 19.4. The molecule has 1 N–H and O–H groups in total. The van der Waals surface area contributed by atoms with Crippen molar-refractivity contribution in [3.8, 4) is 11.9 Å². The third-order valence-corrected chi connectivity index (χ3v) is 4.66. The molecule has 0 spiro atoms. The lowest BCUT2D eigenvalue weighted by molar-refractivity contribution is -0.384. The van der Waals surface area contributed by atoms with Crippen molar-refractivity contribution >= 4 is 17.6 Å². The molecule has 0 aliphatic carbocycles. The number of nitro benzene ring substituents is 1. The third-order valence-electron chi connectivity index (χ3n) is 4.66. The number of alkyl halides is 3. The zero-order valence-electron chi connectivity index (χ0n) is 16.7. The minimum absolute atomic E-state index is 0.0261. The van der Waals surface area contributed by atoms with E-state index in [4.69, 9.17) is 0 Å². The monoisotopic (exact) mass is 436 g/mol. The van der Waals surface area contributed by atoms with E-state index in [1.807, 2.05) is 6.92 Å². The van der Waals surface area contributed by atoms with Gasteiger partial charge in [-0.05, 0) is 31.0 Å². The predicted octanol–water partition coefficient (Wildman–Crippen LogP) is 4.60. The number of pyridine rings is 1. The van der Waals surface area contributed by atoms with E-state index in [0.717, 1.165) is 29.7 Å². The van der Waals surface area contributed by atoms with Crippen LogP contribution >= 0.6 is 0 Å². The van der Waals surface area contributed by atoms with Crippen LogP contribution in [-0.4, -0.2) is 20.8 Å². The predicted molar refractivity (Wildman–Crippen MR) is 107 cm³/mol. The van der Waals surface area contributed by atoms with Crippen LogP contribution in [0.4, 0.5) is 24.5 Å². The van der Waals surface area contributed by atoms with E-state index in [1.165, 1.54) is 6.92 Å². The van der Waals surface area contributed by atoms with Crippen LogP contribution in [0.25, 0.3) is 0 Å². The summed E-state index contributed by atoms with van der Waals surface area (Å²) < 4.78 is 39.6. The zero-order valence-corrected chi connectivity index (χ0v) is 16.7. The molecule has 1 heterocycles. The smallest absolute Gasteiger partial charge is 0.416 e. The van der Waals surface area contributed by atoms with Crippen LogP contribution in [0.5, 0.6) is 5.88 Å². The topological polar surface area (TPSA) is 122 Å². The summed E-state index contributed by atoms with van der Waals surface area (Å²) in [7, 11) is 0. The Hall–Kier alpha value is -3.68. The molecule has 2 aromatic rings. The van der Waals surface area contributed by atoms with Gasteiger partial charge in [-0.15, -0.1) is 0 Å². The summed E-state index contributed by atoms with van der Waals surface area (Å²) in [6.07, 6.45) is -1.56. The Balaban J connectivity index is 2.60. The second-order valence-corrected chi connectivity index (χ2v) is 6.73. The van der Waals surface area contributed by atoms with Crippen molar-refractivity contribution in [1.29, 1.82) is 5.26 Å². The summed E-state index contributed by atoms with van der Waals surface area (Å²) in [6.45, 7) is 3.50. The average molecular weight is 436 g/mol. The van der Waals surface area contributed by atoms with Crippen molar-refractivity contribution < 1.29 is 23.2 Å². The molecule has 0 amide bonds. The summed E-state index contributed by atoms with van der Waals surface area (Å²) >= 11 is 0. The Bertz CT molecular complexity index is 1130. The molecule has 0 aliphatic rings. The number of unbranched alkanes of at least 4 members (excludes halogenated alkanes) is 2. The molecule has 1 aromatic carbocycles. The second kappa shape index (κ2) is 9.42. The van der Waals surface area contributed by atoms with E-state index in [2.05, 4.69) is 4.99 Å². The summed E-state index contributed by atoms with van der Waals surface area (Å²) in [5, 5.41) is 31.1. The summed E-state index contributed by atoms with van der Waals surface area (Å²) in [5.74, 6) is -0.476. The Labute approximate surface area is 175 Å². The molecule has 0 fully saturated rings. The number of rotatable bonds is 7. The Kier molecular flexibility index (Phi) is 7.17. The van der Waals surface area contributed by atoms with Crippen LogP contribution in [0.2, 0.25) is 0 Å². The van der Waals surface area contributed by atoms with Crippen molar-refractivity contribution in [2.75, 3.05) is 0 Å². The lowest BCUT2D eigenvalue weighted by Gasteiger charge is -2.13. The quantitative estimate of drug-likeness (QED) is 0.294. The van der Waals surface area contributed by atoms with Gasteiger partial charge in [-0.2, -0.15) is 18.4 Å². The highest BCUT2D eigenvalue weighted by molar-refractivity contribution is 5.88. The number of nitriles is 1. The molecule has 1 aromatic heterocycles. The molecule has 31 heavy (non-hydrogen) atoms. The molecule has 0 atom stereocenters. The highest BCUT2D eigenvalue weighted by Gasteiger charge is 2.33. The molecule has 0 unspecified atom stereocenters. The highest BCUT2D eigenvalue weighted by Crippen LogP contribution is 2.36. The van der Waals surface area contributed by atoms with Crippen molar-refractivity contribution in [2.45, 2.75) is 45.8 Å². The van der Waals surface area contributed by atoms with E-state index >= 15 is 0 Å². The number of aromatic hydroxyl groups is 1. The van der Waals surface area contributed by atoms with Crippen molar-refractivity contribution in [3.63, 3.8) is 0 Å². The van der Waals surface area contributed by atoms with Crippen LogP contribution in [-0.2, 0) is 12.7 Å². The van der Waals surface area contributed by atoms with E-state index in [9.17, 15) is 38.4 Å². The molecule has 0 bridgehead atoms. The van der Waals surface area contributed by atoms with E-state index in [-0.39, 0.29) is 28.9 Å². The fourth-order valence-electron chi connectivity index (χ4n) is 2.94. The molecule has 8 nitrogen and oxygen atoms in total. The maximum absolute atomic E-state index is 12.9. The van der Waals surface area contributed by atoms with Crippen molar-refractivity contribution in [1.82, 2.24) is 4.57 Å². The third kappa shape index (κ3) is 5.09. The van der Waals surface area contributed by atoms with Crippen LogP contribution in [0.1, 0.15) is 48.4 Å². The number of halogens is 3. The van der Waals surface area contributed by atoms with Crippen LogP contribution in [0, 0.1) is 28.4 Å². The molecule has 0 saturated carbocycles. The van der Waals surface area contributed by atoms with E-state index < -0.39 is 33.8 Å². The van der Waals surface area contributed by atoms with Gasteiger partial charge in [0.25, 0.3) is 11.2 Å². The summed E-state index contributed by atoms with van der Waals surface area (Å²) in [4.78, 5) is 26.6. The SMILES string of the molecule is CCCCCn1c(O)c(C=Nc2ccc(C(F)(F)F)cc2[N+](=O)[O-])c(C)c(C#N)c1=O. The molecular formula is C20H19F3N4O4. The van der Waals surface area contributed by atoms with Crippen LogP contribution < -0.4 is 5.56 Å². The lowest BCUT2D eigenvalue weighted by atomic mass is 10.1. The minimum atomic E-state index is -4.77. The summed E-state index contributed by atoms with van der Waals surface area (Å²) in [6, 6.07) is 3.63. The first-order valence-corrected chi connectivity index (χ1v) is 9.29. The van der Waals surface area contributed by atoms with E-state index in [0.29, 0.717) is 18.6 Å². The van der Waals surface area contributed by atoms with Gasteiger partial charge in [0.2, 0.25) is 5.88 Å². The molecule has 0 saturated heterocycles. The van der Waals surface area contributed by atoms with Gasteiger partial charge >= 0.3 is 6.18 Å². The average Bonchev–Trinajstić information content (AvgIpc) is 2.70. The number of hydrogen-bond donors (Lipinski definition) is 1. The molecule has 2 rings (SSSR count). The number of aliphatic imine (C=N–C) groups is 1. The first-order chi connectivity index (χ1) is 14.5. The molecule has 0 radical (unpaired) electrons. The van der Waals surface area contributed by atoms with Crippen molar-refractivity contribution in [2.24, 2.45) is 4.99 Å². The zero-order chi connectivity index (χ0) is 23.3. The Morgan fingerprint density at radius 2 is 2.03 bits per heavy atom. The fourth-order valence-corrected chi connectivity index (χ4v) is 2.94. The lowest BCUT2D eigenvalue weighted by Crippen LogP contribution is -2.25. The summed E-state index contributed by atoms with van der Waals surface area (Å²) in [5.41, 5.74) is -3.27. The number of nitrogens with zero attached hydrogens (tertiary/aromatic N) is 4.